The van der Waals surface area contributed by atoms with Gasteiger partial charge >= 0.3 is 0 Å². The van der Waals surface area contributed by atoms with Gasteiger partial charge in [-0.1, -0.05) is 30.3 Å². The number of aliphatic hydroxyl groups is 1. The molecule has 8 heteroatoms. The van der Waals surface area contributed by atoms with Crippen molar-refractivity contribution < 1.29 is 19.2 Å². The molecule has 0 heterocycles. The monoisotopic (exact) mass is 333 g/mol. The molecule has 2 aromatic rings. The quantitative estimate of drug-likeness (QED) is 0.425. The summed E-state index contributed by atoms with van der Waals surface area (Å²) in [4.78, 5) is 22.0. The van der Waals surface area contributed by atoms with E-state index in [4.69, 9.17) is 5.73 Å². The van der Waals surface area contributed by atoms with Crippen molar-refractivity contribution in [2.24, 2.45) is 0 Å². The molecule has 0 radical (unpaired) electrons. The van der Waals surface area contributed by atoms with Gasteiger partial charge < -0.3 is 16.2 Å². The van der Waals surface area contributed by atoms with Gasteiger partial charge in [-0.05, 0) is 18.1 Å². The molecule has 0 aliphatic carbocycles. The van der Waals surface area contributed by atoms with E-state index < -0.39 is 34.1 Å². The summed E-state index contributed by atoms with van der Waals surface area (Å²) in [7, 11) is 0. The third kappa shape index (κ3) is 4.05. The highest BCUT2D eigenvalue weighted by molar-refractivity contribution is 6.01. The number of nitrogen functional groups attached to an aromatic ring is 1. The summed E-state index contributed by atoms with van der Waals surface area (Å²) in [5.41, 5.74) is 4.89. The molecular formula is C16H16FN3O4. The highest BCUT2D eigenvalue weighted by Crippen LogP contribution is 2.26. The van der Waals surface area contributed by atoms with E-state index in [2.05, 4.69) is 5.32 Å². The Kier molecular flexibility index (Phi) is 5.43. The Morgan fingerprint density at radius 2 is 2.00 bits per heavy atom. The third-order valence-electron chi connectivity index (χ3n) is 3.45. The Morgan fingerprint density at radius 1 is 1.33 bits per heavy atom. The molecule has 7 nitrogen and oxygen atoms in total. The second kappa shape index (κ2) is 7.51. The van der Waals surface area contributed by atoms with E-state index in [0.717, 1.165) is 6.07 Å². The van der Waals surface area contributed by atoms with Crippen LogP contribution in [0.25, 0.3) is 0 Å². The standard InChI is InChI=1S/C16H16FN3O4/c17-11-8-12(15(18)13(9-11)20(23)24)16(22)19-7-6-14(21)10-4-2-1-3-5-10/h1-5,8-9,14,21H,6-7,18H2,(H,19,22). The maximum absolute atomic E-state index is 13.4. The lowest BCUT2D eigenvalue weighted by molar-refractivity contribution is -0.384. The number of aliphatic hydroxyl groups excluding tert-OH is 1. The zero-order chi connectivity index (χ0) is 17.7. The molecular weight excluding hydrogens is 317 g/mol. The maximum Gasteiger partial charge on any atom is 0.295 e. The first kappa shape index (κ1) is 17.4. The van der Waals surface area contributed by atoms with Gasteiger partial charge in [-0.3, -0.25) is 14.9 Å². The number of halogens is 1. The first-order chi connectivity index (χ1) is 11.4. The van der Waals surface area contributed by atoms with E-state index in [1.807, 2.05) is 6.07 Å². The smallest absolute Gasteiger partial charge is 0.295 e. The molecule has 0 bridgehead atoms. The third-order valence-corrected chi connectivity index (χ3v) is 3.45. The predicted molar refractivity (Wildman–Crippen MR) is 85.8 cm³/mol. The summed E-state index contributed by atoms with van der Waals surface area (Å²) in [6, 6.07) is 10.4. The van der Waals surface area contributed by atoms with Gasteiger partial charge in [0.1, 0.15) is 11.5 Å². The summed E-state index contributed by atoms with van der Waals surface area (Å²) >= 11 is 0. The van der Waals surface area contributed by atoms with Gasteiger partial charge in [0.25, 0.3) is 11.6 Å². The van der Waals surface area contributed by atoms with Crippen molar-refractivity contribution >= 4 is 17.3 Å². The van der Waals surface area contributed by atoms with Crippen molar-refractivity contribution in [1.82, 2.24) is 5.32 Å². The van der Waals surface area contributed by atoms with Crippen molar-refractivity contribution in [3.05, 3.63) is 69.5 Å². The Balaban J connectivity index is 2.02. The first-order valence-corrected chi connectivity index (χ1v) is 7.14. The van der Waals surface area contributed by atoms with Crippen molar-refractivity contribution in [3.8, 4) is 0 Å². The van der Waals surface area contributed by atoms with Crippen molar-refractivity contribution in [2.45, 2.75) is 12.5 Å². The lowest BCUT2D eigenvalue weighted by Crippen LogP contribution is -2.26. The second-order valence-electron chi connectivity index (χ2n) is 5.11. The second-order valence-corrected chi connectivity index (χ2v) is 5.11. The van der Waals surface area contributed by atoms with Crippen LogP contribution in [0.15, 0.2) is 42.5 Å². The Morgan fingerprint density at radius 3 is 2.62 bits per heavy atom. The zero-order valence-electron chi connectivity index (χ0n) is 12.6. The zero-order valence-corrected chi connectivity index (χ0v) is 12.6. The lowest BCUT2D eigenvalue weighted by atomic mass is 10.1. The molecule has 0 aromatic heterocycles. The molecule has 1 atom stereocenters. The largest absolute Gasteiger partial charge is 0.393 e. The fourth-order valence-electron chi connectivity index (χ4n) is 2.20. The van der Waals surface area contributed by atoms with Gasteiger partial charge in [-0.15, -0.1) is 0 Å². The fraction of sp³-hybridized carbons (Fsp3) is 0.188. The van der Waals surface area contributed by atoms with Crippen molar-refractivity contribution in [3.63, 3.8) is 0 Å². The molecule has 1 unspecified atom stereocenters. The van der Waals surface area contributed by atoms with E-state index >= 15 is 0 Å². The molecule has 24 heavy (non-hydrogen) atoms. The molecule has 0 saturated heterocycles. The van der Waals surface area contributed by atoms with Crippen LogP contribution in [0.4, 0.5) is 15.8 Å². The Labute approximate surface area is 137 Å². The van der Waals surface area contributed by atoms with Crippen molar-refractivity contribution in [2.75, 3.05) is 12.3 Å². The van der Waals surface area contributed by atoms with Gasteiger partial charge in [-0.25, -0.2) is 4.39 Å². The normalized spacial score (nSPS) is 11.8. The van der Waals surface area contributed by atoms with Crippen LogP contribution >= 0.6 is 0 Å². The average Bonchev–Trinajstić information content (AvgIpc) is 2.56. The van der Waals surface area contributed by atoms with Crippen LogP contribution in [-0.4, -0.2) is 22.5 Å². The van der Waals surface area contributed by atoms with E-state index in [1.54, 1.807) is 24.3 Å². The Hall–Kier alpha value is -3.00. The molecule has 4 N–H and O–H groups in total. The number of hydrogen-bond donors (Lipinski definition) is 3. The molecule has 0 fully saturated rings. The minimum atomic E-state index is -0.926. The minimum absolute atomic E-state index is 0.0959. The number of benzene rings is 2. The van der Waals surface area contributed by atoms with Crippen LogP contribution in [-0.2, 0) is 0 Å². The van der Waals surface area contributed by atoms with Gasteiger partial charge in [0.2, 0.25) is 0 Å². The van der Waals surface area contributed by atoms with Crippen LogP contribution in [0.5, 0.6) is 0 Å². The minimum Gasteiger partial charge on any atom is -0.393 e. The average molecular weight is 333 g/mol. The van der Waals surface area contributed by atoms with Crippen LogP contribution in [0.1, 0.15) is 28.4 Å². The number of rotatable bonds is 6. The number of nitro groups is 1. The predicted octanol–water partition coefficient (Wildman–Crippen LogP) is 2.17. The molecule has 0 aliphatic heterocycles. The number of nitro benzene ring substituents is 1. The summed E-state index contributed by atoms with van der Waals surface area (Å²) in [5, 5.41) is 23.3. The first-order valence-electron chi connectivity index (χ1n) is 7.14. The summed E-state index contributed by atoms with van der Waals surface area (Å²) < 4.78 is 13.4. The number of nitrogens with one attached hydrogen (secondary N) is 1. The van der Waals surface area contributed by atoms with Gasteiger partial charge in [0, 0.05) is 6.54 Å². The van der Waals surface area contributed by atoms with Crippen LogP contribution in [0.2, 0.25) is 0 Å². The molecule has 0 saturated carbocycles. The number of nitrogens with two attached hydrogens (primary N) is 1. The highest BCUT2D eigenvalue weighted by Gasteiger charge is 2.21. The summed E-state index contributed by atoms with van der Waals surface area (Å²) in [6.07, 6.45) is -0.543. The Bertz CT molecular complexity index is 752. The lowest BCUT2D eigenvalue weighted by Gasteiger charge is -2.12. The highest BCUT2D eigenvalue weighted by atomic mass is 19.1. The molecule has 2 rings (SSSR count). The number of carbonyl (C=O) groups excluding carboxylic acids is 1. The van der Waals surface area contributed by atoms with Crippen LogP contribution in [0.3, 0.4) is 0 Å². The summed E-state index contributed by atoms with van der Waals surface area (Å²) in [5.74, 6) is -1.67. The topological polar surface area (TPSA) is 118 Å². The van der Waals surface area contributed by atoms with Gasteiger partial charge in [0.05, 0.1) is 22.7 Å². The van der Waals surface area contributed by atoms with E-state index in [1.165, 1.54) is 0 Å². The molecule has 126 valence electrons. The van der Waals surface area contributed by atoms with E-state index in [9.17, 15) is 24.4 Å². The van der Waals surface area contributed by atoms with Gasteiger partial charge in [-0.2, -0.15) is 0 Å². The van der Waals surface area contributed by atoms with Gasteiger partial charge in [0.15, 0.2) is 0 Å². The molecule has 0 spiro atoms. The molecule has 1 amide bonds. The van der Waals surface area contributed by atoms with Crippen LogP contribution < -0.4 is 11.1 Å². The SMILES string of the molecule is Nc1c(C(=O)NCCC(O)c2ccccc2)cc(F)cc1[N+](=O)[O-]. The van der Waals surface area contributed by atoms with Crippen molar-refractivity contribution in [1.29, 1.82) is 0 Å². The summed E-state index contributed by atoms with van der Waals surface area (Å²) in [6.45, 7) is 0.0959. The maximum atomic E-state index is 13.4. The molecule has 0 aliphatic rings. The fourth-order valence-corrected chi connectivity index (χ4v) is 2.20. The van der Waals surface area contributed by atoms with E-state index in [0.29, 0.717) is 11.6 Å². The number of nitrogens with zero attached hydrogens (tertiary/aromatic N) is 1. The number of hydrogen-bond acceptors (Lipinski definition) is 5. The van der Waals surface area contributed by atoms with Crippen LogP contribution in [0, 0.1) is 15.9 Å². The number of anilines is 1. The number of amides is 1. The number of carbonyl (C=O) groups is 1. The van der Waals surface area contributed by atoms with E-state index in [-0.39, 0.29) is 18.5 Å². The molecule has 2 aromatic carbocycles.